The summed E-state index contributed by atoms with van der Waals surface area (Å²) in [4.78, 5) is 29.4. The van der Waals surface area contributed by atoms with Crippen molar-refractivity contribution < 1.29 is 9.53 Å². The first-order chi connectivity index (χ1) is 14.7. The summed E-state index contributed by atoms with van der Waals surface area (Å²) in [5, 5.41) is 4.81. The van der Waals surface area contributed by atoms with Gasteiger partial charge in [0, 0.05) is 50.1 Å². The highest BCUT2D eigenvalue weighted by Crippen LogP contribution is 2.25. The molecule has 0 aliphatic carbocycles. The molecule has 0 radical (unpaired) electrons. The van der Waals surface area contributed by atoms with Crippen LogP contribution in [0.25, 0.3) is 10.9 Å². The first-order valence-electron chi connectivity index (χ1n) is 9.91. The van der Waals surface area contributed by atoms with Gasteiger partial charge in [-0.05, 0) is 24.6 Å². The van der Waals surface area contributed by atoms with Gasteiger partial charge in [-0.2, -0.15) is 0 Å². The topological polar surface area (TPSA) is 83.5 Å². The lowest BCUT2D eigenvalue weighted by molar-refractivity contribution is 0.105. The Balaban J connectivity index is 1.47. The molecule has 1 fully saturated rings. The SMILES string of the molecule is CCOC(=O)N1CCN(c2nccc3nc(NCc4ccccc4Cl)ncc23)CC1. The molecule has 3 heterocycles. The molecule has 0 spiro atoms. The van der Waals surface area contributed by atoms with Crippen LogP contribution in [0.4, 0.5) is 16.6 Å². The van der Waals surface area contributed by atoms with Crippen LogP contribution < -0.4 is 10.2 Å². The van der Waals surface area contributed by atoms with Crippen molar-refractivity contribution in [1.82, 2.24) is 19.9 Å². The van der Waals surface area contributed by atoms with Crippen LogP contribution >= 0.6 is 11.6 Å². The molecule has 1 amide bonds. The van der Waals surface area contributed by atoms with E-state index >= 15 is 0 Å². The fraction of sp³-hybridized carbons (Fsp3) is 0.333. The maximum Gasteiger partial charge on any atom is 0.409 e. The molecule has 0 saturated carbocycles. The first-order valence-corrected chi connectivity index (χ1v) is 10.3. The van der Waals surface area contributed by atoms with Crippen molar-refractivity contribution in [2.24, 2.45) is 0 Å². The van der Waals surface area contributed by atoms with E-state index in [1.54, 1.807) is 17.3 Å². The monoisotopic (exact) mass is 426 g/mol. The summed E-state index contributed by atoms with van der Waals surface area (Å²) in [7, 11) is 0. The number of pyridine rings is 1. The number of hydrogen-bond donors (Lipinski definition) is 1. The van der Waals surface area contributed by atoms with Crippen molar-refractivity contribution in [2.75, 3.05) is 43.0 Å². The predicted octanol–water partition coefficient (Wildman–Crippen LogP) is 3.57. The molecule has 156 valence electrons. The van der Waals surface area contributed by atoms with Crippen LogP contribution in [0.2, 0.25) is 5.02 Å². The number of carbonyl (C=O) groups is 1. The number of nitrogens with zero attached hydrogens (tertiary/aromatic N) is 5. The van der Waals surface area contributed by atoms with E-state index in [1.807, 2.05) is 37.3 Å². The van der Waals surface area contributed by atoms with Crippen LogP contribution in [0.5, 0.6) is 0 Å². The number of ether oxygens (including phenoxy) is 1. The van der Waals surface area contributed by atoms with E-state index < -0.39 is 0 Å². The number of halogens is 1. The van der Waals surface area contributed by atoms with Crippen molar-refractivity contribution >= 4 is 40.4 Å². The molecule has 9 heteroatoms. The van der Waals surface area contributed by atoms with E-state index in [-0.39, 0.29) is 6.09 Å². The number of hydrogen-bond acceptors (Lipinski definition) is 7. The predicted molar refractivity (Wildman–Crippen MR) is 117 cm³/mol. The summed E-state index contributed by atoms with van der Waals surface area (Å²) in [6.45, 7) is 5.28. The summed E-state index contributed by atoms with van der Waals surface area (Å²) in [6.07, 6.45) is 3.28. The molecule has 4 rings (SSSR count). The highest BCUT2D eigenvalue weighted by molar-refractivity contribution is 6.31. The molecule has 3 aromatic rings. The summed E-state index contributed by atoms with van der Waals surface area (Å²) in [5.74, 6) is 1.36. The van der Waals surface area contributed by atoms with Crippen molar-refractivity contribution in [3.05, 3.63) is 53.3 Å². The van der Waals surface area contributed by atoms with E-state index in [0.29, 0.717) is 50.3 Å². The molecule has 1 aliphatic heterocycles. The van der Waals surface area contributed by atoms with Crippen LogP contribution in [0.15, 0.2) is 42.7 Å². The molecule has 1 N–H and O–H groups in total. The Morgan fingerprint density at radius 1 is 1.17 bits per heavy atom. The number of fused-ring (bicyclic) bond motifs is 1. The standard InChI is InChI=1S/C21H23ClN6O2/c1-2-30-21(29)28-11-9-27(10-12-28)19-16-14-25-20(26-18(16)7-8-23-19)24-13-15-5-3-4-6-17(15)22/h3-8,14H,2,9-13H2,1H3,(H,24,25,26). The third kappa shape index (κ3) is 4.38. The quantitative estimate of drug-likeness (QED) is 0.667. The van der Waals surface area contributed by atoms with Gasteiger partial charge in [0.2, 0.25) is 5.95 Å². The molecule has 1 aliphatic rings. The molecular weight excluding hydrogens is 404 g/mol. The van der Waals surface area contributed by atoms with Gasteiger partial charge in [0.1, 0.15) is 5.82 Å². The van der Waals surface area contributed by atoms with Crippen LogP contribution in [-0.4, -0.2) is 58.7 Å². The van der Waals surface area contributed by atoms with Crippen LogP contribution in [-0.2, 0) is 11.3 Å². The van der Waals surface area contributed by atoms with Gasteiger partial charge in [-0.3, -0.25) is 0 Å². The number of nitrogens with one attached hydrogen (secondary N) is 1. The maximum atomic E-state index is 11.9. The lowest BCUT2D eigenvalue weighted by Crippen LogP contribution is -2.49. The fourth-order valence-corrected chi connectivity index (χ4v) is 3.61. The van der Waals surface area contributed by atoms with Gasteiger partial charge < -0.3 is 19.9 Å². The zero-order valence-electron chi connectivity index (χ0n) is 16.7. The summed E-state index contributed by atoms with van der Waals surface area (Å²) < 4.78 is 5.09. The zero-order valence-corrected chi connectivity index (χ0v) is 17.5. The number of carbonyl (C=O) groups excluding carboxylic acids is 1. The lowest BCUT2D eigenvalue weighted by Gasteiger charge is -2.35. The molecule has 0 bridgehead atoms. The number of anilines is 2. The fourth-order valence-electron chi connectivity index (χ4n) is 3.41. The van der Waals surface area contributed by atoms with Crippen LogP contribution in [0, 0.1) is 0 Å². The van der Waals surface area contributed by atoms with Gasteiger partial charge in [-0.15, -0.1) is 0 Å². The van der Waals surface area contributed by atoms with Gasteiger partial charge in [-0.25, -0.2) is 19.7 Å². The van der Waals surface area contributed by atoms with Crippen molar-refractivity contribution in [1.29, 1.82) is 0 Å². The molecule has 2 aromatic heterocycles. The Morgan fingerprint density at radius 2 is 1.97 bits per heavy atom. The minimum atomic E-state index is -0.263. The van der Waals surface area contributed by atoms with Crippen molar-refractivity contribution in [2.45, 2.75) is 13.5 Å². The van der Waals surface area contributed by atoms with Crippen LogP contribution in [0.1, 0.15) is 12.5 Å². The second kappa shape index (κ2) is 9.13. The Labute approximate surface area is 179 Å². The summed E-state index contributed by atoms with van der Waals surface area (Å²) >= 11 is 6.21. The van der Waals surface area contributed by atoms with E-state index in [1.165, 1.54) is 0 Å². The van der Waals surface area contributed by atoms with Gasteiger partial charge in [0.05, 0.1) is 17.5 Å². The van der Waals surface area contributed by atoms with E-state index in [4.69, 9.17) is 16.3 Å². The van der Waals surface area contributed by atoms with E-state index in [9.17, 15) is 4.79 Å². The molecular formula is C21H23ClN6O2. The second-order valence-electron chi connectivity index (χ2n) is 6.88. The summed E-state index contributed by atoms with van der Waals surface area (Å²) in [6, 6.07) is 9.55. The summed E-state index contributed by atoms with van der Waals surface area (Å²) in [5.41, 5.74) is 1.79. The third-order valence-electron chi connectivity index (χ3n) is 4.99. The largest absolute Gasteiger partial charge is 0.450 e. The van der Waals surface area contributed by atoms with Gasteiger partial charge in [0.15, 0.2) is 0 Å². The molecule has 30 heavy (non-hydrogen) atoms. The second-order valence-corrected chi connectivity index (χ2v) is 7.29. The minimum Gasteiger partial charge on any atom is -0.450 e. The normalized spacial score (nSPS) is 14.1. The highest BCUT2D eigenvalue weighted by atomic mass is 35.5. The molecule has 8 nitrogen and oxygen atoms in total. The van der Waals surface area contributed by atoms with E-state index in [0.717, 1.165) is 22.3 Å². The zero-order chi connectivity index (χ0) is 20.9. The third-order valence-corrected chi connectivity index (χ3v) is 5.36. The first kappa shape index (κ1) is 20.2. The van der Waals surface area contributed by atoms with Crippen molar-refractivity contribution in [3.8, 4) is 0 Å². The average Bonchev–Trinajstić information content (AvgIpc) is 2.78. The Bertz CT molecular complexity index is 1040. The highest BCUT2D eigenvalue weighted by Gasteiger charge is 2.24. The smallest absolute Gasteiger partial charge is 0.409 e. The lowest BCUT2D eigenvalue weighted by atomic mass is 10.2. The average molecular weight is 427 g/mol. The Morgan fingerprint density at radius 3 is 2.73 bits per heavy atom. The maximum absolute atomic E-state index is 11.9. The Hall–Kier alpha value is -3.13. The van der Waals surface area contributed by atoms with Crippen LogP contribution in [0.3, 0.4) is 0 Å². The molecule has 0 atom stereocenters. The van der Waals surface area contributed by atoms with Gasteiger partial charge in [0.25, 0.3) is 0 Å². The minimum absolute atomic E-state index is 0.263. The number of rotatable bonds is 5. The number of amides is 1. The Kier molecular flexibility index (Phi) is 6.13. The van der Waals surface area contributed by atoms with E-state index in [2.05, 4.69) is 25.2 Å². The van der Waals surface area contributed by atoms with Gasteiger partial charge >= 0.3 is 6.09 Å². The number of benzene rings is 1. The van der Waals surface area contributed by atoms with Gasteiger partial charge in [-0.1, -0.05) is 29.8 Å². The molecule has 1 aromatic carbocycles. The van der Waals surface area contributed by atoms with Crippen molar-refractivity contribution in [3.63, 3.8) is 0 Å². The molecule has 1 saturated heterocycles. The molecule has 0 unspecified atom stereocenters. The number of piperazine rings is 1. The number of aromatic nitrogens is 3.